The van der Waals surface area contributed by atoms with E-state index < -0.39 is 23.2 Å². The predicted molar refractivity (Wildman–Crippen MR) is 109 cm³/mol. The maximum absolute atomic E-state index is 14.1. The van der Waals surface area contributed by atoms with Gasteiger partial charge >= 0.3 is 0 Å². The van der Waals surface area contributed by atoms with Crippen molar-refractivity contribution >= 4 is 23.6 Å². The third-order valence-corrected chi connectivity index (χ3v) is 6.05. The van der Waals surface area contributed by atoms with Crippen LogP contribution in [-0.2, 0) is 16.0 Å². The number of amides is 1. The molecular weight excluding hydrogens is 373 g/mol. The Morgan fingerprint density at radius 2 is 2.07 bits per heavy atom. The molecular formula is C22H24FN3O3. The molecule has 152 valence electrons. The number of rotatable bonds is 4. The van der Waals surface area contributed by atoms with Crippen molar-refractivity contribution in [1.82, 2.24) is 0 Å². The van der Waals surface area contributed by atoms with Crippen molar-refractivity contribution in [3.05, 3.63) is 58.9 Å². The summed E-state index contributed by atoms with van der Waals surface area (Å²) >= 11 is 0. The summed E-state index contributed by atoms with van der Waals surface area (Å²) in [5, 5.41) is 3.35. The van der Waals surface area contributed by atoms with Crippen molar-refractivity contribution in [3.63, 3.8) is 0 Å². The van der Waals surface area contributed by atoms with E-state index in [9.17, 15) is 14.0 Å². The third kappa shape index (κ3) is 3.35. The topological polar surface area (TPSA) is 84.7 Å². The van der Waals surface area contributed by atoms with E-state index in [1.807, 2.05) is 18.2 Å². The van der Waals surface area contributed by atoms with Crippen molar-refractivity contribution in [3.8, 4) is 0 Å². The summed E-state index contributed by atoms with van der Waals surface area (Å²) in [4.78, 5) is 26.2. The number of ether oxygens (including phenoxy) is 1. The minimum absolute atomic E-state index is 0.0250. The number of hydrogen-bond donors (Lipinski definition) is 2. The van der Waals surface area contributed by atoms with Gasteiger partial charge in [-0.05, 0) is 48.7 Å². The highest BCUT2D eigenvalue weighted by atomic mass is 19.1. The average Bonchev–Trinajstić information content (AvgIpc) is 2.74. The summed E-state index contributed by atoms with van der Waals surface area (Å²) in [7, 11) is 0. The highest BCUT2D eigenvalue weighted by molar-refractivity contribution is 5.87. The third-order valence-electron chi connectivity index (χ3n) is 6.05. The molecule has 7 heteroatoms. The van der Waals surface area contributed by atoms with E-state index in [-0.39, 0.29) is 12.0 Å². The molecule has 2 aromatic carbocycles. The van der Waals surface area contributed by atoms with Crippen molar-refractivity contribution in [1.29, 1.82) is 0 Å². The quantitative estimate of drug-likeness (QED) is 0.775. The summed E-state index contributed by atoms with van der Waals surface area (Å²) in [5.41, 5.74) is 7.86. The Kier molecular flexibility index (Phi) is 5.00. The van der Waals surface area contributed by atoms with Gasteiger partial charge in [0.2, 0.25) is 5.91 Å². The monoisotopic (exact) mass is 397 g/mol. The largest absolute Gasteiger partial charge is 0.378 e. The minimum Gasteiger partial charge on any atom is -0.378 e. The van der Waals surface area contributed by atoms with E-state index in [4.69, 9.17) is 10.5 Å². The van der Waals surface area contributed by atoms with E-state index in [1.165, 1.54) is 6.07 Å². The number of primary amides is 1. The van der Waals surface area contributed by atoms with Gasteiger partial charge in [-0.1, -0.05) is 12.1 Å². The fourth-order valence-electron chi connectivity index (χ4n) is 4.28. The first-order valence-corrected chi connectivity index (χ1v) is 9.69. The number of nitrogens with one attached hydrogen (secondary N) is 1. The van der Waals surface area contributed by atoms with E-state index >= 15 is 0 Å². The lowest BCUT2D eigenvalue weighted by Crippen LogP contribution is -2.47. The number of nitrogens with two attached hydrogens (primary N) is 1. The zero-order valence-corrected chi connectivity index (χ0v) is 16.3. The number of morpholine rings is 1. The first-order valence-electron chi connectivity index (χ1n) is 9.69. The Morgan fingerprint density at radius 3 is 2.76 bits per heavy atom. The second kappa shape index (κ2) is 7.48. The first kappa shape index (κ1) is 19.4. The van der Waals surface area contributed by atoms with Gasteiger partial charge in [-0.25, -0.2) is 4.39 Å². The van der Waals surface area contributed by atoms with Crippen LogP contribution in [0.3, 0.4) is 0 Å². The van der Waals surface area contributed by atoms with Gasteiger partial charge in [0.1, 0.15) is 5.82 Å². The van der Waals surface area contributed by atoms with Crippen LogP contribution in [0.2, 0.25) is 0 Å². The van der Waals surface area contributed by atoms with Crippen LogP contribution in [-0.4, -0.2) is 38.5 Å². The molecule has 2 atom stereocenters. The van der Waals surface area contributed by atoms with E-state index in [0.717, 1.165) is 24.3 Å². The lowest BCUT2D eigenvalue weighted by molar-refractivity contribution is -0.127. The second-order valence-corrected chi connectivity index (χ2v) is 7.84. The molecule has 0 bridgehead atoms. The Labute approximate surface area is 168 Å². The molecule has 2 aliphatic heterocycles. The number of anilines is 2. The molecule has 4 rings (SSSR count). The average molecular weight is 397 g/mol. The van der Waals surface area contributed by atoms with Gasteiger partial charge in [-0.3, -0.25) is 9.59 Å². The second-order valence-electron chi connectivity index (χ2n) is 7.84. The van der Waals surface area contributed by atoms with Crippen LogP contribution >= 0.6 is 0 Å². The minimum atomic E-state index is -1.03. The van der Waals surface area contributed by atoms with Crippen molar-refractivity contribution in [2.75, 3.05) is 36.5 Å². The van der Waals surface area contributed by atoms with Crippen molar-refractivity contribution < 1.29 is 18.7 Å². The number of hydrogen-bond acceptors (Lipinski definition) is 5. The molecule has 0 spiro atoms. The van der Waals surface area contributed by atoms with Gasteiger partial charge in [-0.15, -0.1) is 0 Å². The molecule has 0 radical (unpaired) electrons. The first-order chi connectivity index (χ1) is 13.9. The van der Waals surface area contributed by atoms with Crippen LogP contribution in [0.4, 0.5) is 15.8 Å². The maximum Gasteiger partial charge on any atom is 0.226 e. The van der Waals surface area contributed by atoms with Gasteiger partial charge < -0.3 is 20.7 Å². The molecule has 2 heterocycles. The Bertz CT molecular complexity index is 958. The van der Waals surface area contributed by atoms with Crippen LogP contribution in [0.1, 0.15) is 34.5 Å². The van der Waals surface area contributed by atoms with Crippen LogP contribution < -0.4 is 16.0 Å². The number of benzene rings is 2. The number of carbonyl (C=O) groups excluding carboxylic acids is 2. The van der Waals surface area contributed by atoms with Gasteiger partial charge in [0.05, 0.1) is 30.2 Å². The highest BCUT2D eigenvalue weighted by Gasteiger charge is 2.45. The maximum atomic E-state index is 14.1. The van der Waals surface area contributed by atoms with Crippen LogP contribution in [0.25, 0.3) is 0 Å². The molecule has 6 nitrogen and oxygen atoms in total. The fourth-order valence-corrected chi connectivity index (χ4v) is 4.28. The SMILES string of the molecule is CC1(C(N)=O)Cc2c(ccc(F)c2C=O)NC1c1cccc(N2CCOCC2)c1. The van der Waals surface area contributed by atoms with E-state index in [0.29, 0.717) is 30.8 Å². The number of aldehydes is 1. The predicted octanol–water partition coefficient (Wildman–Crippen LogP) is 2.68. The van der Waals surface area contributed by atoms with Gasteiger partial charge in [0.25, 0.3) is 0 Å². The summed E-state index contributed by atoms with van der Waals surface area (Å²) in [6.45, 7) is 4.73. The lowest BCUT2D eigenvalue weighted by atomic mass is 9.70. The number of nitrogens with zero attached hydrogens (tertiary/aromatic N) is 1. The molecule has 2 aliphatic rings. The summed E-state index contributed by atoms with van der Waals surface area (Å²) in [6.07, 6.45) is 0.680. The fraction of sp³-hybridized carbons (Fsp3) is 0.364. The summed E-state index contributed by atoms with van der Waals surface area (Å²) in [5.74, 6) is -1.10. The molecule has 1 saturated heterocycles. The molecule has 0 aromatic heterocycles. The van der Waals surface area contributed by atoms with Gasteiger partial charge in [-0.2, -0.15) is 0 Å². The molecule has 1 amide bonds. The molecule has 0 saturated carbocycles. The summed E-state index contributed by atoms with van der Waals surface area (Å²) in [6, 6.07) is 10.5. The lowest BCUT2D eigenvalue weighted by Gasteiger charge is -2.42. The van der Waals surface area contributed by atoms with Crippen molar-refractivity contribution in [2.45, 2.75) is 19.4 Å². The van der Waals surface area contributed by atoms with Crippen LogP contribution in [0, 0.1) is 11.2 Å². The molecule has 3 N–H and O–H groups in total. The zero-order chi connectivity index (χ0) is 20.6. The van der Waals surface area contributed by atoms with Gasteiger partial charge in [0, 0.05) is 24.5 Å². The highest BCUT2D eigenvalue weighted by Crippen LogP contribution is 2.46. The number of carbonyl (C=O) groups is 2. The molecule has 1 fully saturated rings. The van der Waals surface area contributed by atoms with Crippen LogP contribution in [0.5, 0.6) is 0 Å². The van der Waals surface area contributed by atoms with Crippen molar-refractivity contribution in [2.24, 2.45) is 11.1 Å². The van der Waals surface area contributed by atoms with E-state index in [1.54, 1.807) is 13.0 Å². The molecule has 2 unspecified atom stereocenters. The van der Waals surface area contributed by atoms with Gasteiger partial charge in [0.15, 0.2) is 6.29 Å². The smallest absolute Gasteiger partial charge is 0.226 e. The van der Waals surface area contributed by atoms with Crippen LogP contribution in [0.15, 0.2) is 36.4 Å². The van der Waals surface area contributed by atoms with E-state index in [2.05, 4.69) is 16.3 Å². The Hall–Kier alpha value is -2.93. The number of fused-ring (bicyclic) bond motifs is 1. The Balaban J connectivity index is 1.76. The molecule has 2 aromatic rings. The molecule has 0 aliphatic carbocycles. The zero-order valence-electron chi connectivity index (χ0n) is 16.3. The summed E-state index contributed by atoms with van der Waals surface area (Å²) < 4.78 is 19.5. The number of halogens is 1. The standard InChI is InChI=1S/C22H24FN3O3/c1-22(21(24)28)12-16-17(13-27)18(23)5-6-19(16)25-20(22)14-3-2-4-15(11-14)26-7-9-29-10-8-26/h2-6,11,13,20,25H,7-10,12H2,1H3,(H2,24,28). The normalized spacial score (nSPS) is 23.8. The Morgan fingerprint density at radius 1 is 1.31 bits per heavy atom. The molecule has 29 heavy (non-hydrogen) atoms.